The summed E-state index contributed by atoms with van der Waals surface area (Å²) in [5.41, 5.74) is -1.19. The fraction of sp³-hybridized carbons (Fsp3) is 0.462. The largest absolute Gasteiger partial charge is 0.417 e. The van der Waals surface area contributed by atoms with Crippen molar-refractivity contribution in [2.24, 2.45) is 5.92 Å². The maximum Gasteiger partial charge on any atom is 0.417 e. The zero-order valence-electron chi connectivity index (χ0n) is 10.4. The monoisotopic (exact) mass is 273 g/mol. The van der Waals surface area contributed by atoms with Gasteiger partial charge in [0.15, 0.2) is 0 Å². The van der Waals surface area contributed by atoms with Crippen LogP contribution >= 0.6 is 11.8 Å². The van der Waals surface area contributed by atoms with Crippen LogP contribution in [0.1, 0.15) is 31.9 Å². The van der Waals surface area contributed by atoms with Gasteiger partial charge in [-0.05, 0) is 24.1 Å². The minimum Gasteiger partial charge on any atom is -0.192 e. The first-order valence-electron chi connectivity index (χ1n) is 5.53. The first-order chi connectivity index (χ1) is 8.25. The number of halogens is 3. The van der Waals surface area contributed by atoms with Crippen molar-refractivity contribution in [3.63, 3.8) is 0 Å². The molecule has 1 rings (SSSR count). The average Bonchev–Trinajstić information content (AvgIpc) is 2.27. The Hall–Kier alpha value is -1.15. The molecule has 5 heteroatoms. The SMILES string of the molecule is CC(C)C(C)Sc1ccc(C#N)c(C(F)(F)F)c1. The van der Waals surface area contributed by atoms with E-state index in [2.05, 4.69) is 0 Å². The summed E-state index contributed by atoms with van der Waals surface area (Å²) in [6.07, 6.45) is -4.48. The highest BCUT2D eigenvalue weighted by atomic mass is 32.2. The lowest BCUT2D eigenvalue weighted by Crippen LogP contribution is -2.09. The molecule has 0 heterocycles. The van der Waals surface area contributed by atoms with Crippen LogP contribution in [0.4, 0.5) is 13.2 Å². The van der Waals surface area contributed by atoms with E-state index in [-0.39, 0.29) is 10.8 Å². The summed E-state index contributed by atoms with van der Waals surface area (Å²) in [6, 6.07) is 5.43. The van der Waals surface area contributed by atoms with Gasteiger partial charge in [-0.25, -0.2) is 0 Å². The second-order valence-corrected chi connectivity index (χ2v) is 5.83. The topological polar surface area (TPSA) is 23.8 Å². The number of hydrogen-bond acceptors (Lipinski definition) is 2. The van der Waals surface area contributed by atoms with E-state index < -0.39 is 11.7 Å². The Bertz CT molecular complexity index is 460. The lowest BCUT2D eigenvalue weighted by Gasteiger charge is -2.16. The molecule has 0 fully saturated rings. The van der Waals surface area contributed by atoms with E-state index in [9.17, 15) is 13.2 Å². The summed E-state index contributed by atoms with van der Waals surface area (Å²) in [4.78, 5) is 0.544. The normalized spacial score (nSPS) is 13.4. The van der Waals surface area contributed by atoms with E-state index in [1.807, 2.05) is 20.8 Å². The van der Waals surface area contributed by atoms with Crippen molar-refractivity contribution in [3.8, 4) is 6.07 Å². The van der Waals surface area contributed by atoms with Gasteiger partial charge in [0, 0.05) is 10.1 Å². The summed E-state index contributed by atoms with van der Waals surface area (Å²) in [7, 11) is 0. The third-order valence-corrected chi connectivity index (χ3v) is 4.12. The van der Waals surface area contributed by atoms with Gasteiger partial charge in [-0.2, -0.15) is 18.4 Å². The predicted molar refractivity (Wildman–Crippen MR) is 66.3 cm³/mol. The van der Waals surface area contributed by atoms with Gasteiger partial charge in [0.25, 0.3) is 0 Å². The van der Waals surface area contributed by atoms with Crippen LogP contribution in [0.25, 0.3) is 0 Å². The van der Waals surface area contributed by atoms with Gasteiger partial charge < -0.3 is 0 Å². The Kier molecular flexibility index (Phi) is 4.69. The summed E-state index contributed by atoms with van der Waals surface area (Å²) in [6.45, 7) is 6.01. The molecule has 0 bridgehead atoms. The van der Waals surface area contributed by atoms with E-state index in [4.69, 9.17) is 5.26 Å². The lowest BCUT2D eigenvalue weighted by molar-refractivity contribution is -0.137. The Morgan fingerprint density at radius 1 is 1.22 bits per heavy atom. The third kappa shape index (κ3) is 3.67. The molecule has 0 aliphatic carbocycles. The Balaban J connectivity index is 3.09. The summed E-state index contributed by atoms with van der Waals surface area (Å²) in [5, 5.41) is 8.91. The number of benzene rings is 1. The minimum atomic E-state index is -4.48. The van der Waals surface area contributed by atoms with Crippen molar-refractivity contribution in [1.29, 1.82) is 5.26 Å². The van der Waals surface area contributed by atoms with E-state index in [1.165, 1.54) is 17.8 Å². The Morgan fingerprint density at radius 2 is 1.83 bits per heavy atom. The van der Waals surface area contributed by atoms with Crippen LogP contribution in [0.2, 0.25) is 0 Å². The van der Waals surface area contributed by atoms with Crippen LogP contribution in [-0.4, -0.2) is 5.25 Å². The summed E-state index contributed by atoms with van der Waals surface area (Å²) >= 11 is 1.39. The van der Waals surface area contributed by atoms with Crippen LogP contribution in [0, 0.1) is 17.2 Å². The molecule has 0 spiro atoms. The molecule has 1 aromatic carbocycles. The fourth-order valence-electron chi connectivity index (χ4n) is 1.28. The van der Waals surface area contributed by atoms with E-state index in [0.29, 0.717) is 10.8 Å². The highest BCUT2D eigenvalue weighted by molar-refractivity contribution is 8.00. The van der Waals surface area contributed by atoms with E-state index in [1.54, 1.807) is 12.1 Å². The molecule has 0 saturated heterocycles. The summed E-state index contributed by atoms with van der Waals surface area (Å²) in [5.74, 6) is 0.375. The molecule has 0 saturated carbocycles. The molecular formula is C13H14F3NS. The molecule has 1 atom stereocenters. The van der Waals surface area contributed by atoms with Gasteiger partial charge >= 0.3 is 6.18 Å². The molecule has 0 aliphatic heterocycles. The Morgan fingerprint density at radius 3 is 2.28 bits per heavy atom. The zero-order chi connectivity index (χ0) is 13.9. The smallest absolute Gasteiger partial charge is 0.192 e. The number of nitriles is 1. The molecule has 1 aromatic rings. The highest BCUT2D eigenvalue weighted by Gasteiger charge is 2.33. The predicted octanol–water partition coefficient (Wildman–Crippen LogP) is 4.71. The average molecular weight is 273 g/mol. The Labute approximate surface area is 109 Å². The highest BCUT2D eigenvalue weighted by Crippen LogP contribution is 2.36. The molecule has 0 radical (unpaired) electrons. The molecule has 0 aromatic heterocycles. The van der Waals surface area contributed by atoms with Gasteiger partial charge in [0.2, 0.25) is 0 Å². The standard InChI is InChI=1S/C13H14F3NS/c1-8(2)9(3)18-11-5-4-10(7-17)12(6-11)13(14,15)16/h4-6,8-9H,1-3H3. The number of thioether (sulfide) groups is 1. The van der Waals surface area contributed by atoms with Gasteiger partial charge in [0.1, 0.15) is 0 Å². The van der Waals surface area contributed by atoms with Crippen molar-refractivity contribution in [2.75, 3.05) is 0 Å². The van der Waals surface area contributed by atoms with Gasteiger partial charge in [0.05, 0.1) is 17.2 Å². The van der Waals surface area contributed by atoms with Crippen LogP contribution in [0.15, 0.2) is 23.1 Å². The van der Waals surface area contributed by atoms with Gasteiger partial charge in [-0.3, -0.25) is 0 Å². The first kappa shape index (κ1) is 14.9. The van der Waals surface area contributed by atoms with E-state index >= 15 is 0 Å². The summed E-state index contributed by atoms with van der Waals surface area (Å²) < 4.78 is 38.3. The van der Waals surface area contributed by atoms with Gasteiger partial charge in [-0.15, -0.1) is 11.8 Å². The van der Waals surface area contributed by atoms with Crippen molar-refractivity contribution < 1.29 is 13.2 Å². The second kappa shape index (κ2) is 5.66. The molecule has 0 amide bonds. The molecule has 1 unspecified atom stereocenters. The number of alkyl halides is 3. The maximum atomic E-state index is 12.8. The molecular weight excluding hydrogens is 259 g/mol. The molecule has 1 nitrogen and oxygen atoms in total. The quantitative estimate of drug-likeness (QED) is 0.744. The maximum absolute atomic E-state index is 12.8. The van der Waals surface area contributed by atoms with Crippen LogP contribution in [0.3, 0.4) is 0 Å². The van der Waals surface area contributed by atoms with Crippen molar-refractivity contribution in [3.05, 3.63) is 29.3 Å². The van der Waals surface area contributed by atoms with Crippen LogP contribution < -0.4 is 0 Å². The van der Waals surface area contributed by atoms with Crippen molar-refractivity contribution in [2.45, 2.75) is 37.1 Å². The first-order valence-corrected chi connectivity index (χ1v) is 6.41. The number of nitrogens with zero attached hydrogens (tertiary/aromatic N) is 1. The minimum absolute atomic E-state index is 0.221. The van der Waals surface area contributed by atoms with Crippen molar-refractivity contribution in [1.82, 2.24) is 0 Å². The molecule has 0 N–H and O–H groups in total. The van der Waals surface area contributed by atoms with Crippen LogP contribution in [-0.2, 0) is 6.18 Å². The molecule has 0 aliphatic rings. The molecule has 98 valence electrons. The van der Waals surface area contributed by atoms with Crippen LogP contribution in [0.5, 0.6) is 0 Å². The van der Waals surface area contributed by atoms with E-state index in [0.717, 1.165) is 6.07 Å². The third-order valence-electron chi connectivity index (χ3n) is 2.68. The van der Waals surface area contributed by atoms with Crippen molar-refractivity contribution >= 4 is 11.8 Å². The van der Waals surface area contributed by atoms with Gasteiger partial charge in [-0.1, -0.05) is 20.8 Å². The second-order valence-electron chi connectivity index (χ2n) is 4.38. The lowest BCUT2D eigenvalue weighted by atomic mass is 10.1. The number of hydrogen-bond donors (Lipinski definition) is 0. The number of rotatable bonds is 3. The molecule has 18 heavy (non-hydrogen) atoms. The zero-order valence-corrected chi connectivity index (χ0v) is 11.2. The fourth-order valence-corrected chi connectivity index (χ4v) is 2.31.